The van der Waals surface area contributed by atoms with Crippen molar-refractivity contribution in [2.75, 3.05) is 0 Å². The third-order valence-electron chi connectivity index (χ3n) is 3.84. The van der Waals surface area contributed by atoms with Gasteiger partial charge in [0.15, 0.2) is 11.8 Å². The van der Waals surface area contributed by atoms with Gasteiger partial charge in [-0.3, -0.25) is 0 Å². The second-order valence-corrected chi connectivity index (χ2v) is 5.17. The summed E-state index contributed by atoms with van der Waals surface area (Å²) in [5.74, 6) is 0. The van der Waals surface area contributed by atoms with E-state index in [0.29, 0.717) is 5.71 Å². The van der Waals surface area contributed by atoms with Gasteiger partial charge in [-0.2, -0.15) is 0 Å². The molecule has 0 N–H and O–H groups in total. The van der Waals surface area contributed by atoms with E-state index in [-0.39, 0.29) is 0 Å². The zero-order valence-corrected chi connectivity index (χ0v) is 11.9. The van der Waals surface area contributed by atoms with Gasteiger partial charge < -0.3 is 4.42 Å². The Bertz CT molecular complexity index is 972. The smallest absolute Gasteiger partial charge is 0.230 e. The maximum atomic E-state index is 6.01. The third-order valence-corrected chi connectivity index (χ3v) is 3.84. The highest BCUT2D eigenvalue weighted by atomic mass is 16.3. The highest BCUT2D eigenvalue weighted by molar-refractivity contribution is 6.08. The lowest BCUT2D eigenvalue weighted by atomic mass is 10.0. The first-order valence-electron chi connectivity index (χ1n) is 6.82. The molecule has 4 nitrogen and oxygen atoms in total. The van der Waals surface area contributed by atoms with E-state index in [1.807, 2.05) is 25.4 Å². The van der Waals surface area contributed by atoms with Gasteiger partial charge in [-0.05, 0) is 18.6 Å². The maximum absolute atomic E-state index is 6.01. The van der Waals surface area contributed by atoms with E-state index in [9.17, 15) is 0 Å². The fraction of sp³-hybridized carbons (Fsp3) is 0.118. The van der Waals surface area contributed by atoms with Crippen molar-refractivity contribution in [1.82, 2.24) is 9.97 Å². The van der Waals surface area contributed by atoms with Crippen LogP contribution in [-0.4, -0.2) is 9.97 Å². The minimum absolute atomic E-state index is 0.630. The van der Waals surface area contributed by atoms with Gasteiger partial charge in [-0.1, -0.05) is 12.1 Å². The molecular weight excluding hydrogens is 262 g/mol. The van der Waals surface area contributed by atoms with Crippen LogP contribution in [0.15, 0.2) is 53.5 Å². The summed E-state index contributed by atoms with van der Waals surface area (Å²) < 4.78 is 8.11. The number of hydrogen-bond acceptors (Lipinski definition) is 3. The Hall–Kier alpha value is -2.75. The van der Waals surface area contributed by atoms with E-state index in [2.05, 4.69) is 39.7 Å². The summed E-state index contributed by atoms with van der Waals surface area (Å²) in [4.78, 5) is 8.32. The van der Waals surface area contributed by atoms with Crippen LogP contribution in [0.3, 0.4) is 0 Å². The molecule has 3 heterocycles. The number of aryl methyl sites for hydroxylation is 2. The van der Waals surface area contributed by atoms with E-state index in [1.165, 1.54) is 11.9 Å². The number of pyridine rings is 1. The Balaban J connectivity index is 2.18. The second kappa shape index (κ2) is 4.38. The van der Waals surface area contributed by atoms with Crippen molar-refractivity contribution in [2.45, 2.75) is 6.92 Å². The van der Waals surface area contributed by atoms with Gasteiger partial charge in [0.2, 0.25) is 11.4 Å². The molecule has 0 spiro atoms. The van der Waals surface area contributed by atoms with Crippen LogP contribution in [0, 0.1) is 6.92 Å². The highest BCUT2D eigenvalue weighted by Crippen LogP contribution is 2.35. The minimum Gasteiger partial charge on any atom is -0.437 e. The molecule has 4 heteroatoms. The number of fused-ring (bicyclic) bond motifs is 3. The van der Waals surface area contributed by atoms with Crippen LogP contribution in [0.1, 0.15) is 5.56 Å². The minimum atomic E-state index is 0.630. The molecule has 0 aliphatic heterocycles. The first kappa shape index (κ1) is 12.0. The van der Waals surface area contributed by atoms with E-state index in [4.69, 9.17) is 4.42 Å². The molecule has 0 unspecified atom stereocenters. The number of hydrogen-bond donors (Lipinski definition) is 0. The lowest BCUT2D eigenvalue weighted by Gasteiger charge is -2.04. The number of rotatable bonds is 1. The Morgan fingerprint density at radius 2 is 2.00 bits per heavy atom. The van der Waals surface area contributed by atoms with Crippen LogP contribution in [0.25, 0.3) is 33.3 Å². The standard InChI is InChI=1S/C17H14N3O/c1-11-6-7-12-13-9-18-10-19-17(13)21-16(12)15(11)14-5-3-4-8-20(14)2/h3-10H,1-2H3/q+1. The van der Waals surface area contributed by atoms with Crippen molar-refractivity contribution in [3.8, 4) is 11.3 Å². The molecule has 3 aromatic heterocycles. The van der Waals surface area contributed by atoms with Crippen molar-refractivity contribution in [3.05, 3.63) is 54.6 Å². The topological polar surface area (TPSA) is 42.8 Å². The maximum Gasteiger partial charge on any atom is 0.230 e. The van der Waals surface area contributed by atoms with E-state index in [1.54, 1.807) is 6.20 Å². The van der Waals surface area contributed by atoms with Crippen molar-refractivity contribution in [3.63, 3.8) is 0 Å². The molecule has 0 bridgehead atoms. The molecule has 0 aliphatic carbocycles. The van der Waals surface area contributed by atoms with Crippen LogP contribution in [0.4, 0.5) is 0 Å². The molecule has 21 heavy (non-hydrogen) atoms. The summed E-state index contributed by atoms with van der Waals surface area (Å²) in [7, 11) is 2.04. The molecule has 4 rings (SSSR count). The lowest BCUT2D eigenvalue weighted by molar-refractivity contribution is -0.660. The Morgan fingerprint density at radius 3 is 2.86 bits per heavy atom. The number of benzene rings is 1. The first-order chi connectivity index (χ1) is 10.3. The summed E-state index contributed by atoms with van der Waals surface area (Å²) in [5.41, 5.74) is 4.90. The van der Waals surface area contributed by atoms with Crippen molar-refractivity contribution >= 4 is 22.1 Å². The fourth-order valence-electron chi connectivity index (χ4n) is 2.78. The molecule has 0 radical (unpaired) electrons. The molecule has 102 valence electrons. The quantitative estimate of drug-likeness (QED) is 0.501. The molecule has 0 aliphatic rings. The third kappa shape index (κ3) is 1.72. The zero-order chi connectivity index (χ0) is 14.4. The average molecular weight is 276 g/mol. The molecule has 0 saturated carbocycles. The predicted molar refractivity (Wildman–Crippen MR) is 80.7 cm³/mol. The SMILES string of the molecule is Cc1ccc2c(oc3ncncc32)c1-c1cccc[n+]1C. The normalized spacial score (nSPS) is 11.3. The molecule has 1 aromatic carbocycles. The Morgan fingerprint density at radius 1 is 1.10 bits per heavy atom. The Labute approximate surface area is 121 Å². The Kier molecular flexibility index (Phi) is 2.51. The summed E-state index contributed by atoms with van der Waals surface area (Å²) in [5, 5.41) is 2.00. The molecule has 0 amide bonds. The number of aromatic nitrogens is 3. The summed E-state index contributed by atoms with van der Waals surface area (Å²) >= 11 is 0. The van der Waals surface area contributed by atoms with Crippen LogP contribution in [-0.2, 0) is 7.05 Å². The van der Waals surface area contributed by atoms with E-state index in [0.717, 1.165) is 27.6 Å². The predicted octanol–water partition coefficient (Wildman–Crippen LogP) is 3.18. The first-order valence-corrected chi connectivity index (χ1v) is 6.82. The molecule has 0 fully saturated rings. The van der Waals surface area contributed by atoms with Gasteiger partial charge in [0.05, 0.1) is 10.9 Å². The van der Waals surface area contributed by atoms with Crippen LogP contribution < -0.4 is 4.57 Å². The van der Waals surface area contributed by atoms with E-state index >= 15 is 0 Å². The van der Waals surface area contributed by atoms with Gasteiger partial charge in [-0.25, -0.2) is 14.5 Å². The largest absolute Gasteiger partial charge is 0.437 e. The summed E-state index contributed by atoms with van der Waals surface area (Å²) in [6.07, 6.45) is 5.36. The summed E-state index contributed by atoms with van der Waals surface area (Å²) in [6.45, 7) is 2.10. The van der Waals surface area contributed by atoms with Crippen molar-refractivity contribution in [2.24, 2.45) is 7.05 Å². The highest BCUT2D eigenvalue weighted by Gasteiger charge is 2.20. The van der Waals surface area contributed by atoms with Crippen LogP contribution >= 0.6 is 0 Å². The fourth-order valence-corrected chi connectivity index (χ4v) is 2.78. The second-order valence-electron chi connectivity index (χ2n) is 5.17. The van der Waals surface area contributed by atoms with Gasteiger partial charge in [0.1, 0.15) is 13.4 Å². The number of nitrogens with zero attached hydrogens (tertiary/aromatic N) is 3. The van der Waals surface area contributed by atoms with Gasteiger partial charge in [-0.15, -0.1) is 0 Å². The molecule has 0 atom stereocenters. The molecule has 0 saturated heterocycles. The van der Waals surface area contributed by atoms with Gasteiger partial charge >= 0.3 is 0 Å². The molecule has 4 aromatic rings. The van der Waals surface area contributed by atoms with Crippen molar-refractivity contribution < 1.29 is 8.98 Å². The van der Waals surface area contributed by atoms with Crippen LogP contribution in [0.2, 0.25) is 0 Å². The van der Waals surface area contributed by atoms with E-state index < -0.39 is 0 Å². The number of furan rings is 1. The van der Waals surface area contributed by atoms with Crippen LogP contribution in [0.5, 0.6) is 0 Å². The summed E-state index contributed by atoms with van der Waals surface area (Å²) in [6, 6.07) is 10.3. The zero-order valence-electron chi connectivity index (χ0n) is 11.9. The monoisotopic (exact) mass is 276 g/mol. The molecular formula is C17H14N3O+. The van der Waals surface area contributed by atoms with Gasteiger partial charge in [0, 0.05) is 23.7 Å². The average Bonchev–Trinajstić information content (AvgIpc) is 2.87. The lowest BCUT2D eigenvalue weighted by Crippen LogP contribution is -2.30. The van der Waals surface area contributed by atoms with Gasteiger partial charge in [0.25, 0.3) is 0 Å². The van der Waals surface area contributed by atoms with Crippen molar-refractivity contribution in [1.29, 1.82) is 0 Å².